The summed E-state index contributed by atoms with van der Waals surface area (Å²) < 4.78 is 0. The lowest BCUT2D eigenvalue weighted by Crippen LogP contribution is -2.20. The maximum atomic E-state index is 5.75. The first-order valence-corrected chi connectivity index (χ1v) is 6.92. The van der Waals surface area contributed by atoms with Crippen molar-refractivity contribution in [2.45, 2.75) is 19.3 Å². The van der Waals surface area contributed by atoms with E-state index >= 15 is 0 Å². The topological polar surface area (TPSA) is 67.6 Å². The standard InChI is InChI=1S/C17H18N4/c1-17(2,13-8-10-14(18)11-9-13)16-19-15(20-21-16)12-6-4-3-5-7-12/h3-11H,18H2,1-2H3,(H,19,20,21). The van der Waals surface area contributed by atoms with E-state index in [-0.39, 0.29) is 5.41 Å². The normalized spacial score (nSPS) is 11.5. The van der Waals surface area contributed by atoms with Gasteiger partial charge in [-0.05, 0) is 31.5 Å². The summed E-state index contributed by atoms with van der Waals surface area (Å²) in [7, 11) is 0. The molecule has 0 unspecified atom stereocenters. The van der Waals surface area contributed by atoms with E-state index in [9.17, 15) is 0 Å². The summed E-state index contributed by atoms with van der Waals surface area (Å²) in [5.74, 6) is 1.56. The minimum Gasteiger partial charge on any atom is -0.399 e. The smallest absolute Gasteiger partial charge is 0.181 e. The molecule has 21 heavy (non-hydrogen) atoms. The third-order valence-electron chi connectivity index (χ3n) is 3.74. The molecule has 0 aliphatic carbocycles. The summed E-state index contributed by atoms with van der Waals surface area (Å²) >= 11 is 0. The summed E-state index contributed by atoms with van der Waals surface area (Å²) in [4.78, 5) is 4.65. The second kappa shape index (κ2) is 5.05. The van der Waals surface area contributed by atoms with Crippen molar-refractivity contribution in [2.75, 3.05) is 5.73 Å². The number of hydrogen-bond acceptors (Lipinski definition) is 3. The maximum absolute atomic E-state index is 5.75. The minimum atomic E-state index is -0.256. The Kier molecular flexibility index (Phi) is 3.22. The lowest BCUT2D eigenvalue weighted by molar-refractivity contribution is 0.593. The Morgan fingerprint density at radius 2 is 1.62 bits per heavy atom. The van der Waals surface area contributed by atoms with Crippen molar-refractivity contribution in [1.82, 2.24) is 15.2 Å². The molecule has 4 nitrogen and oxygen atoms in total. The molecule has 3 aromatic rings. The second-order valence-electron chi connectivity index (χ2n) is 5.62. The molecule has 106 valence electrons. The average Bonchev–Trinajstić information content (AvgIpc) is 2.99. The van der Waals surface area contributed by atoms with Gasteiger partial charge in [-0.2, -0.15) is 5.10 Å². The zero-order chi connectivity index (χ0) is 14.9. The molecule has 0 radical (unpaired) electrons. The Hall–Kier alpha value is -2.62. The summed E-state index contributed by atoms with van der Waals surface area (Å²) in [6.07, 6.45) is 0. The van der Waals surface area contributed by atoms with Crippen molar-refractivity contribution >= 4 is 5.69 Å². The number of rotatable bonds is 3. The van der Waals surface area contributed by atoms with Gasteiger partial charge in [-0.25, -0.2) is 4.98 Å². The largest absolute Gasteiger partial charge is 0.399 e. The lowest BCUT2D eigenvalue weighted by atomic mass is 9.84. The van der Waals surface area contributed by atoms with Crippen LogP contribution in [0.3, 0.4) is 0 Å². The molecule has 3 rings (SSSR count). The Morgan fingerprint density at radius 3 is 2.29 bits per heavy atom. The van der Waals surface area contributed by atoms with Gasteiger partial charge in [0.2, 0.25) is 0 Å². The first kappa shape index (κ1) is 13.4. The molecule has 0 atom stereocenters. The Labute approximate surface area is 124 Å². The monoisotopic (exact) mass is 278 g/mol. The van der Waals surface area contributed by atoms with Gasteiger partial charge in [-0.15, -0.1) is 0 Å². The number of aromatic nitrogens is 3. The van der Waals surface area contributed by atoms with Crippen LogP contribution in [0.15, 0.2) is 54.6 Å². The van der Waals surface area contributed by atoms with Gasteiger partial charge in [0, 0.05) is 16.7 Å². The van der Waals surface area contributed by atoms with Crippen molar-refractivity contribution in [3.05, 3.63) is 66.0 Å². The van der Waals surface area contributed by atoms with Crippen LogP contribution in [0.2, 0.25) is 0 Å². The van der Waals surface area contributed by atoms with Gasteiger partial charge in [0.15, 0.2) is 5.82 Å². The quantitative estimate of drug-likeness (QED) is 0.722. The van der Waals surface area contributed by atoms with E-state index in [2.05, 4.69) is 29.0 Å². The Morgan fingerprint density at radius 1 is 0.952 bits per heavy atom. The van der Waals surface area contributed by atoms with E-state index in [0.29, 0.717) is 5.82 Å². The fraction of sp³-hybridized carbons (Fsp3) is 0.176. The number of hydrogen-bond donors (Lipinski definition) is 2. The molecule has 1 heterocycles. The van der Waals surface area contributed by atoms with E-state index in [4.69, 9.17) is 5.73 Å². The number of nitrogens with zero attached hydrogens (tertiary/aromatic N) is 2. The number of benzene rings is 2. The van der Waals surface area contributed by atoms with Crippen LogP contribution in [-0.4, -0.2) is 15.2 Å². The molecule has 0 aliphatic heterocycles. The van der Waals surface area contributed by atoms with Gasteiger partial charge in [0.1, 0.15) is 5.82 Å². The number of anilines is 1. The molecule has 4 heteroatoms. The van der Waals surface area contributed by atoms with Crippen LogP contribution in [0.1, 0.15) is 25.2 Å². The lowest BCUT2D eigenvalue weighted by Gasteiger charge is -2.22. The molecule has 0 spiro atoms. The number of aromatic amines is 1. The van der Waals surface area contributed by atoms with Gasteiger partial charge in [-0.1, -0.05) is 42.5 Å². The number of H-pyrrole nitrogens is 1. The van der Waals surface area contributed by atoms with E-state index in [1.165, 1.54) is 0 Å². The van der Waals surface area contributed by atoms with Crippen molar-refractivity contribution in [2.24, 2.45) is 0 Å². The zero-order valence-corrected chi connectivity index (χ0v) is 12.2. The molecule has 0 amide bonds. The number of nitrogens with one attached hydrogen (secondary N) is 1. The average molecular weight is 278 g/mol. The first-order chi connectivity index (χ1) is 10.1. The summed E-state index contributed by atoms with van der Waals surface area (Å²) in [5, 5.41) is 7.40. The maximum Gasteiger partial charge on any atom is 0.181 e. The molecule has 1 aromatic heterocycles. The molecular weight excluding hydrogens is 260 g/mol. The molecule has 0 aliphatic rings. The fourth-order valence-electron chi connectivity index (χ4n) is 2.29. The number of nitrogens with two attached hydrogens (primary N) is 1. The van der Waals surface area contributed by atoms with Crippen LogP contribution in [0.5, 0.6) is 0 Å². The number of nitrogen functional groups attached to an aromatic ring is 1. The predicted molar refractivity (Wildman–Crippen MR) is 84.8 cm³/mol. The van der Waals surface area contributed by atoms with Crippen molar-refractivity contribution in [1.29, 1.82) is 0 Å². The second-order valence-corrected chi connectivity index (χ2v) is 5.62. The van der Waals surface area contributed by atoms with Crippen molar-refractivity contribution in [3.8, 4) is 11.4 Å². The zero-order valence-electron chi connectivity index (χ0n) is 12.2. The Bertz CT molecular complexity index is 727. The summed E-state index contributed by atoms with van der Waals surface area (Å²) in [6, 6.07) is 17.8. The minimum absolute atomic E-state index is 0.256. The van der Waals surface area contributed by atoms with Crippen molar-refractivity contribution < 1.29 is 0 Å². The van der Waals surface area contributed by atoms with Gasteiger partial charge in [0.25, 0.3) is 0 Å². The molecule has 2 aromatic carbocycles. The van der Waals surface area contributed by atoms with E-state index in [1.54, 1.807) is 0 Å². The summed E-state index contributed by atoms with van der Waals surface area (Å²) in [5.41, 5.74) is 8.41. The summed E-state index contributed by atoms with van der Waals surface area (Å²) in [6.45, 7) is 4.24. The molecular formula is C17H18N4. The van der Waals surface area contributed by atoms with Crippen LogP contribution in [0, 0.1) is 0 Å². The van der Waals surface area contributed by atoms with Crippen LogP contribution in [0.4, 0.5) is 5.69 Å². The van der Waals surface area contributed by atoms with Gasteiger partial charge < -0.3 is 5.73 Å². The predicted octanol–water partition coefficient (Wildman–Crippen LogP) is 3.38. The SMILES string of the molecule is CC(C)(c1ccc(N)cc1)c1nc(-c2ccccc2)n[nH]1. The molecule has 0 bridgehead atoms. The molecule has 0 fully saturated rings. The third-order valence-corrected chi connectivity index (χ3v) is 3.74. The van der Waals surface area contributed by atoms with Gasteiger partial charge >= 0.3 is 0 Å². The highest BCUT2D eigenvalue weighted by atomic mass is 15.2. The highest BCUT2D eigenvalue weighted by Gasteiger charge is 2.27. The van der Waals surface area contributed by atoms with E-state index in [0.717, 1.165) is 22.6 Å². The van der Waals surface area contributed by atoms with Crippen LogP contribution < -0.4 is 5.73 Å². The van der Waals surface area contributed by atoms with Gasteiger partial charge in [-0.3, -0.25) is 5.10 Å². The van der Waals surface area contributed by atoms with Crippen LogP contribution >= 0.6 is 0 Å². The van der Waals surface area contributed by atoms with Gasteiger partial charge in [0.05, 0.1) is 0 Å². The molecule has 0 saturated carbocycles. The van der Waals surface area contributed by atoms with Crippen molar-refractivity contribution in [3.63, 3.8) is 0 Å². The molecule has 3 N–H and O–H groups in total. The van der Waals surface area contributed by atoms with Crippen LogP contribution in [0.25, 0.3) is 11.4 Å². The Balaban J connectivity index is 1.97. The highest BCUT2D eigenvalue weighted by molar-refractivity contribution is 5.54. The van der Waals surface area contributed by atoms with E-state index < -0.39 is 0 Å². The first-order valence-electron chi connectivity index (χ1n) is 6.92. The van der Waals surface area contributed by atoms with E-state index in [1.807, 2.05) is 54.6 Å². The fourth-order valence-corrected chi connectivity index (χ4v) is 2.29. The third kappa shape index (κ3) is 2.52. The highest BCUT2D eigenvalue weighted by Crippen LogP contribution is 2.30. The van der Waals surface area contributed by atoms with Crippen LogP contribution in [-0.2, 0) is 5.41 Å². The molecule has 0 saturated heterocycles.